The summed E-state index contributed by atoms with van der Waals surface area (Å²) in [6.45, 7) is 3.34. The highest BCUT2D eigenvalue weighted by molar-refractivity contribution is 5.90. The van der Waals surface area contributed by atoms with Crippen LogP contribution >= 0.6 is 0 Å². The van der Waals surface area contributed by atoms with E-state index in [1.54, 1.807) is 44.2 Å². The molecule has 0 saturated carbocycles. The van der Waals surface area contributed by atoms with Gasteiger partial charge in [-0.2, -0.15) is 4.98 Å². The summed E-state index contributed by atoms with van der Waals surface area (Å²) in [5.41, 5.74) is 0.915. The van der Waals surface area contributed by atoms with Gasteiger partial charge in [0.1, 0.15) is 23.7 Å². The maximum Gasteiger partial charge on any atom is 0.338 e. The number of phenols is 1. The molecule has 0 unspecified atom stereocenters. The number of hydrogen-bond donors (Lipinski definition) is 1. The van der Waals surface area contributed by atoms with Gasteiger partial charge in [0.05, 0.1) is 5.56 Å². The van der Waals surface area contributed by atoms with Crippen molar-refractivity contribution >= 4 is 16.9 Å². The molecule has 0 bridgehead atoms. The lowest BCUT2D eigenvalue weighted by molar-refractivity contribution is 0.0473. The number of benzene rings is 2. The predicted octanol–water partition coefficient (Wildman–Crippen LogP) is 3.43. The van der Waals surface area contributed by atoms with Crippen molar-refractivity contribution in [3.63, 3.8) is 0 Å². The first-order valence-corrected chi connectivity index (χ1v) is 9.35. The average molecular weight is 422 g/mol. The van der Waals surface area contributed by atoms with Gasteiger partial charge in [0.15, 0.2) is 6.61 Å². The molecule has 0 spiro atoms. The van der Waals surface area contributed by atoms with Crippen LogP contribution in [0.2, 0.25) is 0 Å². The Balaban J connectivity index is 1.43. The number of nitrogens with zero attached hydrogens (tertiary/aromatic N) is 2. The third-order valence-electron chi connectivity index (χ3n) is 4.60. The van der Waals surface area contributed by atoms with Gasteiger partial charge in [-0.05, 0) is 43.3 Å². The monoisotopic (exact) mass is 422 g/mol. The maximum absolute atomic E-state index is 12.4. The summed E-state index contributed by atoms with van der Waals surface area (Å²) < 4.78 is 21.0. The van der Waals surface area contributed by atoms with E-state index in [4.69, 9.17) is 18.4 Å². The summed E-state index contributed by atoms with van der Waals surface area (Å²) in [4.78, 5) is 28.3. The Morgan fingerprint density at radius 3 is 2.58 bits per heavy atom. The molecule has 4 aromatic rings. The first-order chi connectivity index (χ1) is 14.9. The topological polar surface area (TPSA) is 125 Å². The van der Waals surface area contributed by atoms with E-state index in [2.05, 4.69) is 10.1 Å². The Labute approximate surface area is 175 Å². The van der Waals surface area contributed by atoms with E-state index in [0.29, 0.717) is 39.5 Å². The van der Waals surface area contributed by atoms with Crippen molar-refractivity contribution in [2.45, 2.75) is 27.1 Å². The molecule has 31 heavy (non-hydrogen) atoms. The van der Waals surface area contributed by atoms with Gasteiger partial charge in [0.25, 0.3) is 0 Å². The fourth-order valence-corrected chi connectivity index (χ4v) is 3.00. The van der Waals surface area contributed by atoms with E-state index in [1.807, 2.05) is 0 Å². The zero-order valence-corrected chi connectivity index (χ0v) is 16.7. The molecule has 2 heterocycles. The standard InChI is InChI=1S/C22H18N2O7/c1-12-18(25)8-7-17-15(9-20(26)30-21(12)17)10-29-22(27)14-3-5-16(6-4-14)28-11-19-23-13(2)31-24-19/h3-9,25H,10-11H2,1-2H3. The minimum absolute atomic E-state index is 0.0153. The van der Waals surface area contributed by atoms with E-state index < -0.39 is 11.6 Å². The molecule has 0 radical (unpaired) electrons. The van der Waals surface area contributed by atoms with Gasteiger partial charge in [0, 0.05) is 29.5 Å². The van der Waals surface area contributed by atoms with Crippen LogP contribution in [0.4, 0.5) is 0 Å². The van der Waals surface area contributed by atoms with Crippen LogP contribution < -0.4 is 10.4 Å². The second-order valence-corrected chi connectivity index (χ2v) is 6.80. The molecular formula is C22H18N2O7. The summed E-state index contributed by atoms with van der Waals surface area (Å²) in [6.07, 6.45) is 0. The van der Waals surface area contributed by atoms with Gasteiger partial charge in [-0.3, -0.25) is 0 Å². The summed E-state index contributed by atoms with van der Waals surface area (Å²) >= 11 is 0. The highest BCUT2D eigenvalue weighted by Gasteiger charge is 2.14. The summed E-state index contributed by atoms with van der Waals surface area (Å²) in [5, 5.41) is 14.1. The molecular weight excluding hydrogens is 404 g/mol. The Morgan fingerprint density at radius 1 is 1.10 bits per heavy atom. The average Bonchev–Trinajstić information content (AvgIpc) is 3.18. The summed E-state index contributed by atoms with van der Waals surface area (Å²) in [5.74, 6) is 0.858. The number of hydrogen-bond acceptors (Lipinski definition) is 9. The molecule has 0 amide bonds. The van der Waals surface area contributed by atoms with Crippen LogP contribution in [0.25, 0.3) is 11.0 Å². The van der Waals surface area contributed by atoms with Crippen LogP contribution in [0.1, 0.15) is 33.2 Å². The lowest BCUT2D eigenvalue weighted by Gasteiger charge is -2.09. The van der Waals surface area contributed by atoms with Crippen molar-refractivity contribution in [2.75, 3.05) is 0 Å². The zero-order chi connectivity index (χ0) is 22.0. The molecule has 0 fully saturated rings. The Hall–Kier alpha value is -4.14. The molecule has 0 aliphatic carbocycles. The SMILES string of the molecule is Cc1nc(COc2ccc(C(=O)OCc3cc(=O)oc4c(C)c(O)ccc34)cc2)no1. The number of carbonyl (C=O) groups excluding carboxylic acids is 1. The number of aromatic nitrogens is 2. The van der Waals surface area contributed by atoms with Gasteiger partial charge in [-0.15, -0.1) is 0 Å². The van der Waals surface area contributed by atoms with Gasteiger partial charge in [-0.25, -0.2) is 9.59 Å². The molecule has 9 heteroatoms. The molecule has 158 valence electrons. The van der Waals surface area contributed by atoms with Crippen LogP contribution in [0.15, 0.2) is 56.2 Å². The third kappa shape index (κ3) is 4.40. The van der Waals surface area contributed by atoms with Crippen molar-refractivity contribution in [1.82, 2.24) is 10.1 Å². The Morgan fingerprint density at radius 2 is 1.87 bits per heavy atom. The van der Waals surface area contributed by atoms with E-state index in [1.165, 1.54) is 12.1 Å². The first kappa shape index (κ1) is 20.1. The number of ether oxygens (including phenoxy) is 2. The number of esters is 1. The smallest absolute Gasteiger partial charge is 0.338 e. The fourth-order valence-electron chi connectivity index (χ4n) is 3.00. The third-order valence-corrected chi connectivity index (χ3v) is 4.60. The molecule has 0 saturated heterocycles. The van der Waals surface area contributed by atoms with Crippen LogP contribution in [0, 0.1) is 13.8 Å². The quantitative estimate of drug-likeness (QED) is 0.367. The zero-order valence-electron chi connectivity index (χ0n) is 16.7. The van der Waals surface area contributed by atoms with Crippen molar-refractivity contribution in [2.24, 2.45) is 0 Å². The number of fused-ring (bicyclic) bond motifs is 1. The molecule has 1 N–H and O–H groups in total. The van der Waals surface area contributed by atoms with Crippen LogP contribution in [0.3, 0.4) is 0 Å². The van der Waals surface area contributed by atoms with E-state index in [0.717, 1.165) is 0 Å². The highest BCUT2D eigenvalue weighted by atomic mass is 16.5. The van der Waals surface area contributed by atoms with E-state index in [-0.39, 0.29) is 24.5 Å². The Kier molecular flexibility index (Phi) is 5.40. The van der Waals surface area contributed by atoms with Crippen LogP contribution in [-0.2, 0) is 18.0 Å². The van der Waals surface area contributed by atoms with Crippen LogP contribution in [0.5, 0.6) is 11.5 Å². The fraction of sp³-hybridized carbons (Fsp3) is 0.182. The second-order valence-electron chi connectivity index (χ2n) is 6.80. The maximum atomic E-state index is 12.4. The van der Waals surface area contributed by atoms with Crippen molar-refractivity contribution in [3.05, 3.63) is 81.3 Å². The lowest BCUT2D eigenvalue weighted by atomic mass is 10.1. The number of aryl methyl sites for hydroxylation is 2. The van der Waals surface area contributed by atoms with E-state index >= 15 is 0 Å². The minimum Gasteiger partial charge on any atom is -0.508 e. The number of rotatable bonds is 6. The Bertz CT molecular complexity index is 1310. The van der Waals surface area contributed by atoms with Gasteiger partial charge in [-0.1, -0.05) is 5.16 Å². The minimum atomic E-state index is -0.592. The number of carbonyl (C=O) groups is 1. The van der Waals surface area contributed by atoms with Crippen molar-refractivity contribution < 1.29 is 28.3 Å². The lowest BCUT2D eigenvalue weighted by Crippen LogP contribution is -2.08. The van der Waals surface area contributed by atoms with Crippen LogP contribution in [-0.4, -0.2) is 21.2 Å². The van der Waals surface area contributed by atoms with Gasteiger partial charge < -0.3 is 23.5 Å². The summed E-state index contributed by atoms with van der Waals surface area (Å²) in [6, 6.07) is 10.8. The molecule has 0 aliphatic rings. The largest absolute Gasteiger partial charge is 0.508 e. The normalized spacial score (nSPS) is 10.9. The van der Waals surface area contributed by atoms with Gasteiger partial charge in [0.2, 0.25) is 11.7 Å². The first-order valence-electron chi connectivity index (χ1n) is 9.35. The molecule has 0 atom stereocenters. The molecule has 4 rings (SSSR count). The molecule has 9 nitrogen and oxygen atoms in total. The summed E-state index contributed by atoms with van der Waals surface area (Å²) in [7, 11) is 0. The predicted molar refractivity (Wildman–Crippen MR) is 108 cm³/mol. The second kappa shape index (κ2) is 8.31. The van der Waals surface area contributed by atoms with E-state index in [9.17, 15) is 14.7 Å². The number of aromatic hydroxyl groups is 1. The van der Waals surface area contributed by atoms with Gasteiger partial charge >= 0.3 is 11.6 Å². The molecule has 0 aliphatic heterocycles. The molecule has 2 aromatic carbocycles. The highest BCUT2D eigenvalue weighted by Crippen LogP contribution is 2.27. The van der Waals surface area contributed by atoms with Crippen molar-refractivity contribution in [1.29, 1.82) is 0 Å². The van der Waals surface area contributed by atoms with Crippen molar-refractivity contribution in [3.8, 4) is 11.5 Å². The molecule has 2 aromatic heterocycles. The number of phenolic OH excluding ortho intramolecular Hbond substituents is 1.